The molecule has 0 aromatic rings. The van der Waals surface area contributed by atoms with Gasteiger partial charge in [0.15, 0.2) is 0 Å². The third kappa shape index (κ3) is 4.70. The molecule has 1 N–H and O–H groups in total. The van der Waals surface area contributed by atoms with E-state index in [0.717, 1.165) is 38.5 Å². The van der Waals surface area contributed by atoms with E-state index in [0.29, 0.717) is 6.04 Å². The van der Waals surface area contributed by atoms with Gasteiger partial charge in [0.05, 0.1) is 19.1 Å². The molecule has 0 aromatic heterocycles. The smallest absolute Gasteiger partial charge is 0.308 e. The number of amides is 1. The molecule has 0 radical (unpaired) electrons. The molecule has 1 atom stereocenters. The second-order valence-corrected chi connectivity index (χ2v) is 6.27. The van der Waals surface area contributed by atoms with Crippen LogP contribution in [0.5, 0.6) is 0 Å². The maximum Gasteiger partial charge on any atom is 0.308 e. The fourth-order valence-electron chi connectivity index (χ4n) is 3.34. The molecule has 120 valence electrons. The van der Waals surface area contributed by atoms with Crippen molar-refractivity contribution < 1.29 is 19.1 Å². The Kier molecular flexibility index (Phi) is 6.03. The number of carbonyl (C=O) groups excluding carboxylic acids is 2. The molecule has 2 aliphatic rings. The quantitative estimate of drug-likeness (QED) is 0.790. The summed E-state index contributed by atoms with van der Waals surface area (Å²) in [6, 6.07) is 0.332. The highest BCUT2D eigenvalue weighted by atomic mass is 16.5. The number of carbonyl (C=O) groups is 2. The molecule has 1 unspecified atom stereocenters. The summed E-state index contributed by atoms with van der Waals surface area (Å²) in [6.45, 7) is 1.82. The number of esters is 1. The Morgan fingerprint density at radius 3 is 2.24 bits per heavy atom. The van der Waals surface area contributed by atoms with Crippen molar-refractivity contribution in [2.75, 3.05) is 7.11 Å². The van der Waals surface area contributed by atoms with Crippen LogP contribution in [0.3, 0.4) is 0 Å². The Morgan fingerprint density at radius 1 is 1.05 bits per heavy atom. The molecule has 0 saturated heterocycles. The Hall–Kier alpha value is -1.10. The molecule has 21 heavy (non-hydrogen) atoms. The van der Waals surface area contributed by atoms with E-state index in [9.17, 15) is 9.59 Å². The average Bonchev–Trinajstić information content (AvgIpc) is 3.00. The highest BCUT2D eigenvalue weighted by molar-refractivity contribution is 5.80. The maximum absolute atomic E-state index is 12.1. The third-order valence-electron chi connectivity index (χ3n) is 4.68. The van der Waals surface area contributed by atoms with Crippen LogP contribution in [0, 0.1) is 5.92 Å². The largest absolute Gasteiger partial charge is 0.469 e. The SMILES string of the molecule is COC(=O)C1CCC(OC(C)C(=O)NC2CCCC2)CC1. The van der Waals surface area contributed by atoms with Crippen LogP contribution in [0.15, 0.2) is 0 Å². The number of ether oxygens (including phenoxy) is 2. The van der Waals surface area contributed by atoms with Crippen LogP contribution in [0.1, 0.15) is 58.3 Å². The topological polar surface area (TPSA) is 64.6 Å². The summed E-state index contributed by atoms with van der Waals surface area (Å²) in [4.78, 5) is 23.6. The van der Waals surface area contributed by atoms with E-state index in [1.807, 2.05) is 6.92 Å². The number of methoxy groups -OCH3 is 1. The molecule has 1 amide bonds. The fourth-order valence-corrected chi connectivity index (χ4v) is 3.34. The van der Waals surface area contributed by atoms with E-state index in [1.165, 1.54) is 20.0 Å². The third-order valence-corrected chi connectivity index (χ3v) is 4.68. The molecule has 0 heterocycles. The van der Waals surface area contributed by atoms with Crippen LogP contribution in [0.25, 0.3) is 0 Å². The van der Waals surface area contributed by atoms with Gasteiger partial charge in [-0.1, -0.05) is 12.8 Å². The lowest BCUT2D eigenvalue weighted by Gasteiger charge is -2.29. The number of hydrogen-bond donors (Lipinski definition) is 1. The summed E-state index contributed by atoms with van der Waals surface area (Å²) in [5.74, 6) is -0.130. The Balaban J connectivity index is 1.69. The van der Waals surface area contributed by atoms with E-state index >= 15 is 0 Å². The fraction of sp³-hybridized carbons (Fsp3) is 0.875. The van der Waals surface area contributed by atoms with Gasteiger partial charge in [0, 0.05) is 6.04 Å². The van der Waals surface area contributed by atoms with E-state index in [2.05, 4.69) is 5.32 Å². The summed E-state index contributed by atoms with van der Waals surface area (Å²) in [5.41, 5.74) is 0. The van der Waals surface area contributed by atoms with Crippen molar-refractivity contribution >= 4 is 11.9 Å². The number of rotatable bonds is 5. The first-order valence-electron chi connectivity index (χ1n) is 8.13. The van der Waals surface area contributed by atoms with Gasteiger partial charge in [-0.2, -0.15) is 0 Å². The second kappa shape index (κ2) is 7.78. The van der Waals surface area contributed by atoms with Gasteiger partial charge < -0.3 is 14.8 Å². The zero-order valence-corrected chi connectivity index (χ0v) is 13.1. The van der Waals surface area contributed by atoms with Crippen LogP contribution >= 0.6 is 0 Å². The van der Waals surface area contributed by atoms with Crippen molar-refractivity contribution in [3.8, 4) is 0 Å². The minimum absolute atomic E-state index is 0.00234. The van der Waals surface area contributed by atoms with Gasteiger partial charge in [-0.25, -0.2) is 0 Å². The van der Waals surface area contributed by atoms with E-state index in [1.54, 1.807) is 0 Å². The zero-order valence-electron chi connectivity index (χ0n) is 13.1. The molecule has 0 aliphatic heterocycles. The molecule has 5 nitrogen and oxygen atoms in total. The van der Waals surface area contributed by atoms with Gasteiger partial charge in [-0.3, -0.25) is 9.59 Å². The normalized spacial score (nSPS) is 28.1. The van der Waals surface area contributed by atoms with Gasteiger partial charge in [-0.05, 0) is 45.4 Å². The molecule has 2 aliphatic carbocycles. The Labute approximate surface area is 126 Å². The van der Waals surface area contributed by atoms with Crippen molar-refractivity contribution in [2.45, 2.75) is 76.5 Å². The minimum atomic E-state index is -0.412. The van der Waals surface area contributed by atoms with E-state index in [-0.39, 0.29) is 23.9 Å². The monoisotopic (exact) mass is 297 g/mol. The highest BCUT2D eigenvalue weighted by Gasteiger charge is 2.29. The highest BCUT2D eigenvalue weighted by Crippen LogP contribution is 2.28. The lowest BCUT2D eigenvalue weighted by molar-refractivity contribution is -0.149. The molecule has 2 fully saturated rings. The lowest BCUT2D eigenvalue weighted by Crippen LogP contribution is -2.42. The van der Waals surface area contributed by atoms with Gasteiger partial charge in [-0.15, -0.1) is 0 Å². The summed E-state index contributed by atoms with van der Waals surface area (Å²) in [6.07, 6.45) is 7.46. The summed E-state index contributed by atoms with van der Waals surface area (Å²) >= 11 is 0. The van der Waals surface area contributed by atoms with Gasteiger partial charge in [0.25, 0.3) is 0 Å². The van der Waals surface area contributed by atoms with E-state index in [4.69, 9.17) is 9.47 Å². The maximum atomic E-state index is 12.1. The predicted molar refractivity (Wildman–Crippen MR) is 78.7 cm³/mol. The predicted octanol–water partition coefficient (Wildman–Crippen LogP) is 2.18. The van der Waals surface area contributed by atoms with Crippen molar-refractivity contribution in [3.63, 3.8) is 0 Å². The molecular formula is C16H27NO4. The first-order chi connectivity index (χ1) is 10.1. The number of nitrogens with one attached hydrogen (secondary N) is 1. The van der Waals surface area contributed by atoms with E-state index < -0.39 is 6.10 Å². The Bertz CT molecular complexity index is 357. The first kappa shape index (κ1) is 16.3. The minimum Gasteiger partial charge on any atom is -0.469 e. The molecule has 2 saturated carbocycles. The molecule has 5 heteroatoms. The van der Waals surface area contributed by atoms with Crippen molar-refractivity contribution in [1.82, 2.24) is 5.32 Å². The second-order valence-electron chi connectivity index (χ2n) is 6.27. The molecular weight excluding hydrogens is 270 g/mol. The summed E-state index contributed by atoms with van der Waals surface area (Å²) < 4.78 is 10.6. The van der Waals surface area contributed by atoms with Gasteiger partial charge in [0.2, 0.25) is 5.91 Å². The lowest BCUT2D eigenvalue weighted by atomic mass is 9.87. The van der Waals surface area contributed by atoms with Gasteiger partial charge in [0.1, 0.15) is 6.10 Å². The number of hydrogen-bond acceptors (Lipinski definition) is 4. The molecule has 2 rings (SSSR count). The van der Waals surface area contributed by atoms with Gasteiger partial charge >= 0.3 is 5.97 Å². The summed E-state index contributed by atoms with van der Waals surface area (Å²) in [5, 5.41) is 3.07. The summed E-state index contributed by atoms with van der Waals surface area (Å²) in [7, 11) is 1.43. The van der Waals surface area contributed by atoms with Crippen molar-refractivity contribution in [3.05, 3.63) is 0 Å². The van der Waals surface area contributed by atoms with Crippen LogP contribution in [0.4, 0.5) is 0 Å². The van der Waals surface area contributed by atoms with Crippen LogP contribution in [-0.4, -0.2) is 37.2 Å². The van der Waals surface area contributed by atoms with Crippen LogP contribution in [0.2, 0.25) is 0 Å². The Morgan fingerprint density at radius 2 is 1.67 bits per heavy atom. The van der Waals surface area contributed by atoms with Crippen molar-refractivity contribution in [1.29, 1.82) is 0 Å². The van der Waals surface area contributed by atoms with Crippen LogP contribution < -0.4 is 5.32 Å². The van der Waals surface area contributed by atoms with Crippen molar-refractivity contribution in [2.24, 2.45) is 5.92 Å². The van der Waals surface area contributed by atoms with Crippen LogP contribution in [-0.2, 0) is 19.1 Å². The molecule has 0 spiro atoms. The average molecular weight is 297 g/mol. The molecule has 0 bridgehead atoms. The first-order valence-corrected chi connectivity index (χ1v) is 8.13. The zero-order chi connectivity index (χ0) is 15.2. The standard InChI is InChI=1S/C16H27NO4/c1-11(15(18)17-13-5-3-4-6-13)21-14-9-7-12(8-10-14)16(19)20-2/h11-14H,3-10H2,1-2H3,(H,17,18). The molecule has 0 aromatic carbocycles.